The average Bonchev–Trinajstić information content (AvgIpc) is 3.00. The smallest absolute Gasteiger partial charge is 0.326 e. The first-order chi connectivity index (χ1) is 11.5. The van der Waals surface area contributed by atoms with Gasteiger partial charge in [0.05, 0.1) is 0 Å². The van der Waals surface area contributed by atoms with Crippen LogP contribution in [0.15, 0.2) is 35.5 Å². The maximum Gasteiger partial charge on any atom is 0.326 e. The number of benzene rings is 1. The minimum Gasteiger partial charge on any atom is -0.385 e. The van der Waals surface area contributed by atoms with E-state index in [0.29, 0.717) is 16.4 Å². The zero-order valence-corrected chi connectivity index (χ0v) is 14.1. The number of imide groups is 1. The number of carbonyl (C=O) groups excluding carboxylic acids is 2. The average molecular weight is 347 g/mol. The lowest BCUT2D eigenvalue weighted by Gasteiger charge is -2.15. The Hall–Kier alpha value is -2.52. The standard InChI is InChI=1S/C17H19ClN4O2/c1-11(20-13-6-2-3-7-13)15(10-19)16(23)22-17(24)21-14-8-4-5-12(18)9-14/h4-5,8-9,13,20H,2-3,6-7H2,1H3,(H2,21,22,23,24)/b15-11+. The quantitative estimate of drug-likeness (QED) is 0.575. The molecule has 0 spiro atoms. The van der Waals surface area contributed by atoms with E-state index in [4.69, 9.17) is 11.6 Å². The van der Waals surface area contributed by atoms with Crippen molar-refractivity contribution in [3.63, 3.8) is 0 Å². The Morgan fingerprint density at radius 3 is 2.62 bits per heavy atom. The third-order valence-corrected chi connectivity index (χ3v) is 4.03. The van der Waals surface area contributed by atoms with Crippen LogP contribution in [0.1, 0.15) is 32.6 Å². The van der Waals surface area contributed by atoms with E-state index in [-0.39, 0.29) is 11.6 Å². The number of rotatable bonds is 4. The van der Waals surface area contributed by atoms with Crippen molar-refractivity contribution in [2.45, 2.75) is 38.6 Å². The molecule has 1 fully saturated rings. The first-order valence-electron chi connectivity index (χ1n) is 7.75. The van der Waals surface area contributed by atoms with Crippen LogP contribution >= 0.6 is 11.6 Å². The molecule has 1 aliphatic carbocycles. The van der Waals surface area contributed by atoms with Gasteiger partial charge in [-0.2, -0.15) is 5.26 Å². The van der Waals surface area contributed by atoms with Gasteiger partial charge >= 0.3 is 6.03 Å². The topological polar surface area (TPSA) is 94.0 Å². The molecule has 3 N–H and O–H groups in total. The second-order valence-corrected chi connectivity index (χ2v) is 6.09. The molecule has 1 aliphatic rings. The van der Waals surface area contributed by atoms with Gasteiger partial charge in [-0.1, -0.05) is 30.5 Å². The Balaban J connectivity index is 1.97. The highest BCUT2D eigenvalue weighted by Gasteiger charge is 2.20. The van der Waals surface area contributed by atoms with Crippen LogP contribution in [-0.4, -0.2) is 18.0 Å². The molecule has 6 nitrogen and oxygen atoms in total. The van der Waals surface area contributed by atoms with Crippen LogP contribution in [0, 0.1) is 11.3 Å². The van der Waals surface area contributed by atoms with Crippen molar-refractivity contribution in [1.29, 1.82) is 5.26 Å². The molecular formula is C17H19ClN4O2. The van der Waals surface area contributed by atoms with Gasteiger partial charge in [-0.15, -0.1) is 0 Å². The van der Waals surface area contributed by atoms with Gasteiger partial charge in [0.25, 0.3) is 5.91 Å². The number of halogens is 1. The van der Waals surface area contributed by atoms with E-state index in [0.717, 1.165) is 25.7 Å². The molecule has 0 heterocycles. The monoisotopic (exact) mass is 346 g/mol. The minimum atomic E-state index is -0.736. The summed E-state index contributed by atoms with van der Waals surface area (Å²) in [5, 5.41) is 17.5. The first-order valence-corrected chi connectivity index (χ1v) is 8.13. The van der Waals surface area contributed by atoms with Crippen molar-refractivity contribution in [1.82, 2.24) is 10.6 Å². The van der Waals surface area contributed by atoms with Crippen LogP contribution in [0.3, 0.4) is 0 Å². The van der Waals surface area contributed by atoms with Crippen molar-refractivity contribution >= 4 is 29.2 Å². The van der Waals surface area contributed by atoms with E-state index < -0.39 is 11.9 Å². The molecule has 0 saturated heterocycles. The molecule has 2 rings (SSSR count). The van der Waals surface area contributed by atoms with Gasteiger partial charge in [-0.05, 0) is 38.0 Å². The molecule has 0 bridgehead atoms. The number of nitrogens with zero attached hydrogens (tertiary/aromatic N) is 1. The third kappa shape index (κ3) is 5.00. The third-order valence-electron chi connectivity index (χ3n) is 3.80. The molecule has 7 heteroatoms. The number of hydrogen-bond donors (Lipinski definition) is 3. The molecule has 0 atom stereocenters. The highest BCUT2D eigenvalue weighted by atomic mass is 35.5. The predicted molar refractivity (Wildman–Crippen MR) is 92.3 cm³/mol. The van der Waals surface area contributed by atoms with Gasteiger partial charge in [0.2, 0.25) is 0 Å². The summed E-state index contributed by atoms with van der Waals surface area (Å²) >= 11 is 5.83. The normalized spacial score (nSPS) is 15.2. The minimum absolute atomic E-state index is 0.0943. The molecule has 0 aliphatic heterocycles. The molecule has 24 heavy (non-hydrogen) atoms. The number of nitrogens with one attached hydrogen (secondary N) is 3. The number of hydrogen-bond acceptors (Lipinski definition) is 4. The van der Waals surface area contributed by atoms with Crippen LogP contribution in [0.2, 0.25) is 5.02 Å². The van der Waals surface area contributed by atoms with Gasteiger partial charge in [0, 0.05) is 22.4 Å². The van der Waals surface area contributed by atoms with Gasteiger partial charge < -0.3 is 10.6 Å². The molecule has 3 amide bonds. The van der Waals surface area contributed by atoms with E-state index in [2.05, 4.69) is 16.0 Å². The summed E-state index contributed by atoms with van der Waals surface area (Å²) < 4.78 is 0. The van der Waals surface area contributed by atoms with E-state index in [9.17, 15) is 14.9 Å². The Morgan fingerprint density at radius 2 is 2.00 bits per heavy atom. The number of amides is 3. The fraction of sp³-hybridized carbons (Fsp3) is 0.353. The van der Waals surface area contributed by atoms with E-state index in [1.54, 1.807) is 31.2 Å². The largest absolute Gasteiger partial charge is 0.385 e. The number of urea groups is 1. The molecule has 1 aromatic rings. The van der Waals surface area contributed by atoms with Gasteiger partial charge in [0.1, 0.15) is 11.6 Å². The summed E-state index contributed by atoms with van der Waals surface area (Å²) in [6.07, 6.45) is 4.32. The molecule has 0 aromatic heterocycles. The molecule has 0 radical (unpaired) electrons. The highest BCUT2D eigenvalue weighted by Crippen LogP contribution is 2.19. The van der Waals surface area contributed by atoms with Crippen molar-refractivity contribution in [3.05, 3.63) is 40.6 Å². The molecule has 0 unspecified atom stereocenters. The molecule has 126 valence electrons. The summed E-state index contributed by atoms with van der Waals surface area (Å²) in [4.78, 5) is 24.0. The fourth-order valence-electron chi connectivity index (χ4n) is 2.65. The van der Waals surface area contributed by atoms with Crippen molar-refractivity contribution in [3.8, 4) is 6.07 Å². The summed E-state index contributed by atoms with van der Waals surface area (Å²) in [6.45, 7) is 1.67. The number of anilines is 1. The van der Waals surface area contributed by atoms with Gasteiger partial charge in [0.15, 0.2) is 0 Å². The summed E-state index contributed by atoms with van der Waals surface area (Å²) in [5.74, 6) is -0.736. The van der Waals surface area contributed by atoms with Crippen LogP contribution in [0.25, 0.3) is 0 Å². The Morgan fingerprint density at radius 1 is 1.29 bits per heavy atom. The zero-order chi connectivity index (χ0) is 17.5. The lowest BCUT2D eigenvalue weighted by molar-refractivity contribution is -0.116. The van der Waals surface area contributed by atoms with Crippen LogP contribution in [0.5, 0.6) is 0 Å². The highest BCUT2D eigenvalue weighted by molar-refractivity contribution is 6.30. The zero-order valence-electron chi connectivity index (χ0n) is 13.4. The van der Waals surface area contributed by atoms with Gasteiger partial charge in [-0.25, -0.2) is 4.79 Å². The van der Waals surface area contributed by atoms with Crippen molar-refractivity contribution in [2.24, 2.45) is 0 Å². The molecular weight excluding hydrogens is 328 g/mol. The van der Waals surface area contributed by atoms with E-state index in [1.807, 2.05) is 6.07 Å². The first kappa shape index (κ1) is 17.8. The number of carbonyl (C=O) groups is 2. The SMILES string of the molecule is C/C(NC1CCCC1)=C(/C#N)C(=O)NC(=O)Nc1cccc(Cl)c1. The maximum absolute atomic E-state index is 12.1. The van der Waals surface area contributed by atoms with Gasteiger partial charge in [-0.3, -0.25) is 10.1 Å². The van der Waals surface area contributed by atoms with Crippen LogP contribution in [-0.2, 0) is 4.79 Å². The number of nitriles is 1. The second-order valence-electron chi connectivity index (χ2n) is 5.66. The van der Waals surface area contributed by atoms with Crippen LogP contribution in [0.4, 0.5) is 10.5 Å². The Bertz CT molecular complexity index is 703. The lowest BCUT2D eigenvalue weighted by atomic mass is 10.2. The van der Waals surface area contributed by atoms with E-state index in [1.165, 1.54) is 0 Å². The van der Waals surface area contributed by atoms with Crippen LogP contribution < -0.4 is 16.0 Å². The summed E-state index contributed by atoms with van der Waals surface area (Å²) in [5.41, 5.74) is 0.844. The summed E-state index contributed by atoms with van der Waals surface area (Å²) in [6, 6.07) is 7.96. The van der Waals surface area contributed by atoms with Crippen molar-refractivity contribution in [2.75, 3.05) is 5.32 Å². The second kappa shape index (κ2) is 8.37. The Kier molecular flexibility index (Phi) is 6.21. The fourth-order valence-corrected chi connectivity index (χ4v) is 2.84. The predicted octanol–water partition coefficient (Wildman–Crippen LogP) is 3.32. The molecule has 1 saturated carbocycles. The molecule has 1 aromatic carbocycles. The maximum atomic E-state index is 12.1. The van der Waals surface area contributed by atoms with Crippen molar-refractivity contribution < 1.29 is 9.59 Å². The number of allylic oxidation sites excluding steroid dienone is 1. The Labute approximate surface area is 145 Å². The lowest BCUT2D eigenvalue weighted by Crippen LogP contribution is -2.36. The van der Waals surface area contributed by atoms with E-state index >= 15 is 0 Å². The summed E-state index contributed by atoms with van der Waals surface area (Å²) in [7, 11) is 0.